The highest BCUT2D eigenvalue weighted by atomic mass is 32.1. The van der Waals surface area contributed by atoms with Gasteiger partial charge >= 0.3 is 5.97 Å². The van der Waals surface area contributed by atoms with Gasteiger partial charge in [0.15, 0.2) is 10.8 Å². The van der Waals surface area contributed by atoms with Gasteiger partial charge in [-0.1, -0.05) is 6.07 Å². The second-order valence-electron chi connectivity index (χ2n) is 3.34. The van der Waals surface area contributed by atoms with E-state index in [4.69, 9.17) is 5.11 Å². The van der Waals surface area contributed by atoms with Crippen molar-refractivity contribution in [2.24, 2.45) is 0 Å². The van der Waals surface area contributed by atoms with Gasteiger partial charge < -0.3 is 10.4 Å². The molecule has 5 nitrogen and oxygen atoms in total. The summed E-state index contributed by atoms with van der Waals surface area (Å²) in [6, 6.07) is 5.76. The summed E-state index contributed by atoms with van der Waals surface area (Å²) in [5.41, 5.74) is 1.07. The third kappa shape index (κ3) is 3.25. The largest absolute Gasteiger partial charge is 0.476 e. The number of nitrogens with zero attached hydrogens (tertiary/aromatic N) is 2. The maximum absolute atomic E-state index is 10.6. The van der Waals surface area contributed by atoms with E-state index in [1.165, 1.54) is 16.7 Å². The molecule has 6 heteroatoms. The molecule has 2 N–H and O–H groups in total. The normalized spacial score (nSPS) is 10.1. The minimum absolute atomic E-state index is 0.0790. The third-order valence-electron chi connectivity index (χ3n) is 2.11. The van der Waals surface area contributed by atoms with Crippen LogP contribution >= 0.6 is 11.3 Å². The lowest BCUT2D eigenvalue weighted by Gasteiger charge is -2.01. The van der Waals surface area contributed by atoms with Crippen LogP contribution in [-0.4, -0.2) is 27.6 Å². The monoisotopic (exact) mass is 249 g/mol. The number of hydrogen-bond acceptors (Lipinski definition) is 5. The molecule has 0 aliphatic heterocycles. The Bertz CT molecular complexity index is 498. The predicted molar refractivity (Wildman–Crippen MR) is 65.5 cm³/mol. The molecule has 2 heterocycles. The zero-order valence-electron chi connectivity index (χ0n) is 8.96. The molecular formula is C11H11N3O2S. The molecule has 0 bridgehead atoms. The second-order valence-corrected chi connectivity index (χ2v) is 4.20. The molecule has 2 aromatic heterocycles. The average Bonchev–Trinajstić information content (AvgIpc) is 2.79. The van der Waals surface area contributed by atoms with Crippen molar-refractivity contribution in [1.82, 2.24) is 9.97 Å². The number of aromatic carboxylic acids is 1. The fourth-order valence-electron chi connectivity index (χ4n) is 1.30. The van der Waals surface area contributed by atoms with E-state index in [1.807, 2.05) is 18.2 Å². The summed E-state index contributed by atoms with van der Waals surface area (Å²) in [6.07, 6.45) is 2.53. The van der Waals surface area contributed by atoms with Gasteiger partial charge in [0.05, 0.1) is 0 Å². The Kier molecular flexibility index (Phi) is 3.66. The smallest absolute Gasteiger partial charge is 0.355 e. The van der Waals surface area contributed by atoms with Crippen LogP contribution in [0.1, 0.15) is 16.2 Å². The molecule has 2 rings (SSSR count). The summed E-state index contributed by atoms with van der Waals surface area (Å²) >= 11 is 1.29. The lowest BCUT2D eigenvalue weighted by atomic mass is 10.3. The highest BCUT2D eigenvalue weighted by Gasteiger charge is 2.07. The quantitative estimate of drug-likeness (QED) is 0.846. The third-order valence-corrected chi connectivity index (χ3v) is 2.91. The van der Waals surface area contributed by atoms with Crippen molar-refractivity contribution in [2.45, 2.75) is 6.42 Å². The number of carbonyl (C=O) groups is 1. The van der Waals surface area contributed by atoms with Crippen LogP contribution in [0.2, 0.25) is 0 Å². The van der Waals surface area contributed by atoms with E-state index in [0.29, 0.717) is 11.7 Å². The van der Waals surface area contributed by atoms with Crippen LogP contribution < -0.4 is 5.32 Å². The van der Waals surface area contributed by atoms with E-state index < -0.39 is 5.97 Å². The lowest BCUT2D eigenvalue weighted by molar-refractivity contribution is 0.0691. The summed E-state index contributed by atoms with van der Waals surface area (Å²) in [4.78, 5) is 18.7. The van der Waals surface area contributed by atoms with Crippen molar-refractivity contribution >= 4 is 22.4 Å². The molecule has 2 aromatic rings. The Labute approximate surface area is 102 Å². The van der Waals surface area contributed by atoms with Gasteiger partial charge in [0.1, 0.15) is 0 Å². The zero-order chi connectivity index (χ0) is 12.1. The van der Waals surface area contributed by atoms with E-state index in [2.05, 4.69) is 15.3 Å². The average molecular weight is 249 g/mol. The van der Waals surface area contributed by atoms with Crippen LogP contribution in [0.25, 0.3) is 0 Å². The van der Waals surface area contributed by atoms with Gasteiger partial charge in [-0.2, -0.15) is 0 Å². The molecule has 0 aliphatic carbocycles. The highest BCUT2D eigenvalue weighted by Crippen LogP contribution is 2.15. The Morgan fingerprint density at radius 3 is 3.00 bits per heavy atom. The number of hydrogen-bond donors (Lipinski definition) is 2. The number of anilines is 1. The maximum Gasteiger partial charge on any atom is 0.355 e. The summed E-state index contributed by atoms with van der Waals surface area (Å²) in [5, 5.41) is 13.9. The van der Waals surface area contributed by atoms with Crippen molar-refractivity contribution < 1.29 is 9.90 Å². The molecule has 0 saturated heterocycles. The number of rotatable bonds is 5. The van der Waals surface area contributed by atoms with Gasteiger partial charge in [-0.05, 0) is 12.1 Å². The van der Waals surface area contributed by atoms with E-state index in [-0.39, 0.29) is 5.69 Å². The van der Waals surface area contributed by atoms with Crippen molar-refractivity contribution in [3.05, 3.63) is 41.2 Å². The van der Waals surface area contributed by atoms with Crippen molar-refractivity contribution in [2.75, 3.05) is 11.9 Å². The van der Waals surface area contributed by atoms with Crippen LogP contribution in [0.3, 0.4) is 0 Å². The molecule has 0 spiro atoms. The molecule has 17 heavy (non-hydrogen) atoms. The Morgan fingerprint density at radius 2 is 2.35 bits per heavy atom. The van der Waals surface area contributed by atoms with Gasteiger partial charge in [0.25, 0.3) is 0 Å². The predicted octanol–water partition coefficient (Wildman–Crippen LogP) is 1.89. The molecular weight excluding hydrogens is 238 g/mol. The fourth-order valence-corrected chi connectivity index (χ4v) is 2.01. The molecule has 0 unspecified atom stereocenters. The van der Waals surface area contributed by atoms with Crippen molar-refractivity contribution in [3.8, 4) is 0 Å². The lowest BCUT2D eigenvalue weighted by Crippen LogP contribution is -2.06. The SMILES string of the molecule is O=C(O)c1csc(NCCc2ccccn2)n1. The van der Waals surface area contributed by atoms with Crippen molar-refractivity contribution in [3.63, 3.8) is 0 Å². The maximum atomic E-state index is 10.6. The van der Waals surface area contributed by atoms with Crippen LogP contribution in [-0.2, 0) is 6.42 Å². The van der Waals surface area contributed by atoms with Gasteiger partial charge in [-0.25, -0.2) is 9.78 Å². The molecule has 0 saturated carbocycles. The summed E-state index contributed by atoms with van der Waals surface area (Å²) in [5.74, 6) is -1.00. The van der Waals surface area contributed by atoms with E-state index in [9.17, 15) is 4.79 Å². The highest BCUT2D eigenvalue weighted by molar-refractivity contribution is 7.13. The molecule has 0 aromatic carbocycles. The van der Waals surface area contributed by atoms with Gasteiger partial charge in [-0.3, -0.25) is 4.98 Å². The van der Waals surface area contributed by atoms with Gasteiger partial charge in [0, 0.05) is 30.2 Å². The minimum atomic E-state index is -1.00. The molecule has 0 aliphatic rings. The molecule has 88 valence electrons. The first-order chi connectivity index (χ1) is 8.25. The number of nitrogens with one attached hydrogen (secondary N) is 1. The number of aromatic nitrogens is 2. The van der Waals surface area contributed by atoms with E-state index in [1.54, 1.807) is 6.20 Å². The Hall–Kier alpha value is -1.95. The van der Waals surface area contributed by atoms with E-state index >= 15 is 0 Å². The first-order valence-corrected chi connectivity index (χ1v) is 5.96. The molecule has 0 radical (unpaired) electrons. The number of thiazole rings is 1. The summed E-state index contributed by atoms with van der Waals surface area (Å²) in [7, 11) is 0. The molecule has 0 atom stereocenters. The summed E-state index contributed by atoms with van der Waals surface area (Å²) < 4.78 is 0. The van der Waals surface area contributed by atoms with Crippen LogP contribution in [0.4, 0.5) is 5.13 Å². The minimum Gasteiger partial charge on any atom is -0.476 e. The standard InChI is InChI=1S/C11H11N3O2S/c15-10(16)9-7-17-11(14-9)13-6-4-8-3-1-2-5-12-8/h1-3,5,7H,4,6H2,(H,13,14)(H,15,16). The zero-order valence-corrected chi connectivity index (χ0v) is 9.78. The molecule has 0 fully saturated rings. The van der Waals surface area contributed by atoms with Gasteiger partial charge in [-0.15, -0.1) is 11.3 Å². The van der Waals surface area contributed by atoms with Crippen molar-refractivity contribution in [1.29, 1.82) is 0 Å². The topological polar surface area (TPSA) is 75.1 Å². The Morgan fingerprint density at radius 1 is 1.47 bits per heavy atom. The number of carboxylic acids is 1. The summed E-state index contributed by atoms with van der Waals surface area (Å²) in [6.45, 7) is 0.684. The number of carboxylic acid groups (broad SMARTS) is 1. The van der Waals surface area contributed by atoms with Gasteiger partial charge in [0.2, 0.25) is 0 Å². The number of pyridine rings is 1. The van der Waals surface area contributed by atoms with E-state index in [0.717, 1.165) is 12.1 Å². The first-order valence-electron chi connectivity index (χ1n) is 5.08. The first kappa shape index (κ1) is 11.5. The second kappa shape index (κ2) is 5.40. The van der Waals surface area contributed by atoms with Crippen LogP contribution in [0.5, 0.6) is 0 Å². The van der Waals surface area contributed by atoms with Crippen LogP contribution in [0.15, 0.2) is 29.8 Å². The molecule has 0 amide bonds. The fraction of sp³-hybridized carbons (Fsp3) is 0.182. The van der Waals surface area contributed by atoms with Crippen LogP contribution in [0, 0.1) is 0 Å². The Balaban J connectivity index is 1.84.